The first-order chi connectivity index (χ1) is 7.27. The molecule has 1 saturated heterocycles. The number of carbonyl (C=O) groups is 1. The Morgan fingerprint density at radius 3 is 3.20 bits per heavy atom. The molecule has 0 spiro atoms. The molecule has 2 N–H and O–H groups in total. The van der Waals surface area contributed by atoms with Gasteiger partial charge in [-0.3, -0.25) is 14.7 Å². The molecule has 1 aromatic heterocycles. The van der Waals surface area contributed by atoms with Crippen LogP contribution in [0, 0.1) is 6.42 Å². The summed E-state index contributed by atoms with van der Waals surface area (Å²) < 4.78 is 0. The molecule has 1 amide bonds. The third-order valence-corrected chi connectivity index (χ3v) is 2.60. The summed E-state index contributed by atoms with van der Waals surface area (Å²) in [5.41, 5.74) is 6.42. The minimum Gasteiger partial charge on any atom is -0.368 e. The summed E-state index contributed by atoms with van der Waals surface area (Å²) in [4.78, 5) is 17.2. The molecule has 0 bridgehead atoms. The van der Waals surface area contributed by atoms with Gasteiger partial charge in [0, 0.05) is 18.9 Å². The van der Waals surface area contributed by atoms with Crippen molar-refractivity contribution in [1.29, 1.82) is 0 Å². The second-order valence-electron chi connectivity index (χ2n) is 3.70. The van der Waals surface area contributed by atoms with Gasteiger partial charge in [-0.2, -0.15) is 0 Å². The number of pyridine rings is 1. The Kier molecular flexibility index (Phi) is 2.97. The van der Waals surface area contributed by atoms with Crippen molar-refractivity contribution in [3.8, 4) is 0 Å². The van der Waals surface area contributed by atoms with Crippen LogP contribution >= 0.6 is 0 Å². The molecule has 2 rings (SSSR count). The topological polar surface area (TPSA) is 59.2 Å². The maximum atomic E-state index is 11.1. The van der Waals surface area contributed by atoms with Crippen LogP contribution in [0.5, 0.6) is 0 Å². The fourth-order valence-electron chi connectivity index (χ4n) is 1.89. The molecular formula is C11H14N3O. The number of hydrogen-bond acceptors (Lipinski definition) is 3. The van der Waals surface area contributed by atoms with Crippen LogP contribution in [0.1, 0.15) is 12.0 Å². The van der Waals surface area contributed by atoms with Gasteiger partial charge in [0.1, 0.15) is 0 Å². The predicted octanol–water partition coefficient (Wildman–Crippen LogP) is 0.345. The van der Waals surface area contributed by atoms with Crippen LogP contribution < -0.4 is 5.73 Å². The van der Waals surface area contributed by atoms with Gasteiger partial charge >= 0.3 is 0 Å². The molecule has 1 fully saturated rings. The lowest BCUT2D eigenvalue weighted by Gasteiger charge is -2.21. The van der Waals surface area contributed by atoms with E-state index in [-0.39, 0.29) is 11.9 Å². The van der Waals surface area contributed by atoms with Gasteiger partial charge in [-0.15, -0.1) is 0 Å². The maximum Gasteiger partial charge on any atom is 0.235 e. The number of primary amides is 1. The fraction of sp³-hybridized carbons (Fsp3) is 0.364. The zero-order chi connectivity index (χ0) is 10.7. The third-order valence-electron chi connectivity index (χ3n) is 2.60. The first kappa shape index (κ1) is 10.1. The van der Waals surface area contributed by atoms with E-state index in [0.717, 1.165) is 25.1 Å². The van der Waals surface area contributed by atoms with Crippen LogP contribution in [0.4, 0.5) is 0 Å². The second kappa shape index (κ2) is 4.40. The number of amides is 1. The molecule has 1 radical (unpaired) electrons. The molecular weight excluding hydrogens is 190 g/mol. The molecule has 0 saturated carbocycles. The van der Waals surface area contributed by atoms with E-state index in [1.165, 1.54) is 0 Å². The summed E-state index contributed by atoms with van der Waals surface area (Å²) >= 11 is 0. The van der Waals surface area contributed by atoms with Gasteiger partial charge in [0.2, 0.25) is 5.91 Å². The largest absolute Gasteiger partial charge is 0.368 e. The number of likely N-dealkylation sites (tertiary alicyclic amines) is 1. The summed E-state index contributed by atoms with van der Waals surface area (Å²) in [5.74, 6) is -0.267. The Morgan fingerprint density at radius 2 is 2.53 bits per heavy atom. The minimum atomic E-state index is -0.267. The Labute approximate surface area is 89.1 Å². The summed E-state index contributed by atoms with van der Waals surface area (Å²) in [6.45, 7) is 1.63. The molecule has 1 aromatic rings. The van der Waals surface area contributed by atoms with Crippen LogP contribution in [-0.4, -0.2) is 28.4 Å². The summed E-state index contributed by atoms with van der Waals surface area (Å²) in [7, 11) is 0. The van der Waals surface area contributed by atoms with Gasteiger partial charge in [-0.1, -0.05) is 6.07 Å². The van der Waals surface area contributed by atoms with Crippen LogP contribution in [0.3, 0.4) is 0 Å². The van der Waals surface area contributed by atoms with Crippen molar-refractivity contribution in [2.45, 2.75) is 19.0 Å². The minimum absolute atomic E-state index is 0.217. The highest BCUT2D eigenvalue weighted by Crippen LogP contribution is 2.18. The van der Waals surface area contributed by atoms with E-state index < -0.39 is 0 Å². The molecule has 0 aromatic carbocycles. The van der Waals surface area contributed by atoms with E-state index in [9.17, 15) is 4.79 Å². The molecule has 79 valence electrons. The van der Waals surface area contributed by atoms with Gasteiger partial charge < -0.3 is 5.73 Å². The van der Waals surface area contributed by atoms with Crippen LogP contribution in [0.15, 0.2) is 24.5 Å². The van der Waals surface area contributed by atoms with E-state index in [2.05, 4.69) is 9.88 Å². The van der Waals surface area contributed by atoms with Crippen LogP contribution in [0.2, 0.25) is 0 Å². The fourth-order valence-corrected chi connectivity index (χ4v) is 1.89. The number of nitrogens with zero attached hydrogens (tertiary/aromatic N) is 2. The van der Waals surface area contributed by atoms with Crippen molar-refractivity contribution in [1.82, 2.24) is 9.88 Å². The van der Waals surface area contributed by atoms with Gasteiger partial charge in [0.15, 0.2) is 0 Å². The third kappa shape index (κ3) is 2.33. The van der Waals surface area contributed by atoms with E-state index in [4.69, 9.17) is 5.73 Å². The molecule has 2 heterocycles. The monoisotopic (exact) mass is 204 g/mol. The highest BCUT2D eigenvalue weighted by atomic mass is 16.1. The zero-order valence-corrected chi connectivity index (χ0v) is 8.47. The van der Waals surface area contributed by atoms with E-state index in [0.29, 0.717) is 0 Å². The lowest BCUT2D eigenvalue weighted by Crippen LogP contribution is -2.40. The number of nitrogens with two attached hydrogens (primary N) is 1. The standard InChI is InChI=1S/C11H14N3O/c12-11(15)10-4-2-6-14(10)8-9-3-1-5-13-7-9/h1,3-5,7,10H,2,6,8H2,(H2,12,15). The smallest absolute Gasteiger partial charge is 0.235 e. The lowest BCUT2D eigenvalue weighted by molar-refractivity contribution is -0.121. The molecule has 15 heavy (non-hydrogen) atoms. The first-order valence-corrected chi connectivity index (χ1v) is 5.03. The average Bonchev–Trinajstić information content (AvgIpc) is 2.67. The molecule has 1 aliphatic rings. The van der Waals surface area contributed by atoms with Crippen molar-refractivity contribution >= 4 is 5.91 Å². The van der Waals surface area contributed by atoms with E-state index >= 15 is 0 Å². The van der Waals surface area contributed by atoms with Crippen LogP contribution in [0.25, 0.3) is 0 Å². The Hall–Kier alpha value is -1.42. The lowest BCUT2D eigenvalue weighted by atomic mass is 10.2. The highest BCUT2D eigenvalue weighted by Gasteiger charge is 2.28. The van der Waals surface area contributed by atoms with Crippen molar-refractivity contribution in [3.63, 3.8) is 0 Å². The normalized spacial score (nSPS) is 21.7. The predicted molar refractivity (Wildman–Crippen MR) is 56.5 cm³/mol. The van der Waals surface area contributed by atoms with Crippen molar-refractivity contribution < 1.29 is 4.79 Å². The molecule has 4 nitrogen and oxygen atoms in total. The van der Waals surface area contributed by atoms with Gasteiger partial charge in [0.05, 0.1) is 6.04 Å². The highest BCUT2D eigenvalue weighted by molar-refractivity contribution is 5.81. The Morgan fingerprint density at radius 1 is 1.67 bits per heavy atom. The van der Waals surface area contributed by atoms with Crippen LogP contribution in [-0.2, 0) is 11.3 Å². The first-order valence-electron chi connectivity index (χ1n) is 5.03. The Bertz CT molecular complexity index is 339. The average molecular weight is 204 g/mol. The summed E-state index contributed by atoms with van der Waals surface area (Å²) in [6.07, 6.45) is 6.45. The summed E-state index contributed by atoms with van der Waals surface area (Å²) in [6, 6.07) is 3.68. The SMILES string of the molecule is NC(=O)C1[CH]CCN1Cc1cccnc1. The zero-order valence-electron chi connectivity index (χ0n) is 8.47. The van der Waals surface area contributed by atoms with Crippen molar-refractivity contribution in [2.75, 3.05) is 6.54 Å². The maximum absolute atomic E-state index is 11.1. The van der Waals surface area contributed by atoms with Crippen molar-refractivity contribution in [2.24, 2.45) is 5.73 Å². The number of hydrogen-bond donors (Lipinski definition) is 1. The van der Waals surface area contributed by atoms with E-state index in [1.807, 2.05) is 24.8 Å². The molecule has 4 heteroatoms. The number of rotatable bonds is 3. The Balaban J connectivity index is 2.03. The van der Waals surface area contributed by atoms with E-state index in [1.54, 1.807) is 6.20 Å². The summed E-state index contributed by atoms with van der Waals surface area (Å²) in [5, 5.41) is 0. The number of aromatic nitrogens is 1. The second-order valence-corrected chi connectivity index (χ2v) is 3.70. The van der Waals surface area contributed by atoms with Gasteiger partial charge in [-0.05, 0) is 31.0 Å². The molecule has 0 aliphatic carbocycles. The van der Waals surface area contributed by atoms with Gasteiger partial charge in [-0.25, -0.2) is 0 Å². The molecule has 1 aliphatic heterocycles. The molecule has 1 atom stereocenters. The molecule has 1 unspecified atom stereocenters. The quantitative estimate of drug-likeness (QED) is 0.772. The van der Waals surface area contributed by atoms with Gasteiger partial charge in [0.25, 0.3) is 0 Å². The van der Waals surface area contributed by atoms with Crippen molar-refractivity contribution in [3.05, 3.63) is 36.5 Å². The number of carbonyl (C=O) groups excluding carboxylic acids is 1.